The van der Waals surface area contributed by atoms with Gasteiger partial charge in [0, 0.05) is 11.3 Å². The van der Waals surface area contributed by atoms with E-state index in [9.17, 15) is 22.4 Å². The maximum Gasteiger partial charge on any atom is 0.321 e. The Morgan fingerprint density at radius 2 is 1.85 bits per heavy atom. The van der Waals surface area contributed by atoms with Gasteiger partial charge in [0.25, 0.3) is 5.91 Å². The highest BCUT2D eigenvalue weighted by Crippen LogP contribution is 2.17. The summed E-state index contributed by atoms with van der Waals surface area (Å²) in [5.74, 6) is -2.32. The largest absolute Gasteiger partial charge is 0.480 e. The first-order chi connectivity index (χ1) is 12.1. The maximum atomic E-state index is 13.3. The minimum Gasteiger partial charge on any atom is -0.480 e. The van der Waals surface area contributed by atoms with E-state index in [-0.39, 0.29) is 10.5 Å². The average Bonchev–Trinajstić information content (AvgIpc) is 2.58. The molecule has 0 fully saturated rings. The molecular formula is C17H17FN2O5S. The molecule has 1 atom stereocenters. The van der Waals surface area contributed by atoms with E-state index in [0.29, 0.717) is 11.3 Å². The minimum atomic E-state index is -4.11. The highest BCUT2D eigenvalue weighted by molar-refractivity contribution is 7.89. The fraction of sp³-hybridized carbons (Fsp3) is 0.176. The molecule has 26 heavy (non-hydrogen) atoms. The van der Waals surface area contributed by atoms with Crippen LogP contribution in [-0.2, 0) is 14.8 Å². The van der Waals surface area contributed by atoms with Crippen LogP contribution in [0.2, 0.25) is 0 Å². The normalized spacial score (nSPS) is 12.4. The van der Waals surface area contributed by atoms with Crippen LogP contribution in [0.1, 0.15) is 22.8 Å². The molecule has 0 aliphatic heterocycles. The van der Waals surface area contributed by atoms with Gasteiger partial charge >= 0.3 is 5.97 Å². The van der Waals surface area contributed by atoms with E-state index in [1.165, 1.54) is 43.3 Å². The Balaban J connectivity index is 2.23. The van der Waals surface area contributed by atoms with E-state index in [1.54, 1.807) is 6.92 Å². The molecule has 0 aliphatic rings. The quantitative estimate of drug-likeness (QED) is 0.711. The number of carbonyl (C=O) groups is 2. The fourth-order valence-corrected chi connectivity index (χ4v) is 3.32. The van der Waals surface area contributed by atoms with E-state index >= 15 is 0 Å². The lowest BCUT2D eigenvalue weighted by Crippen LogP contribution is -2.38. The SMILES string of the molecule is Cc1cc(NC(=O)c2cccc(S(=O)(=O)N[C@@H](C)C(=O)O)c2)ccc1F. The number of benzene rings is 2. The first kappa shape index (κ1) is 19.5. The Morgan fingerprint density at radius 3 is 2.46 bits per heavy atom. The Bertz CT molecular complexity index is 959. The summed E-state index contributed by atoms with van der Waals surface area (Å²) in [7, 11) is -4.11. The number of carbonyl (C=O) groups excluding carboxylic acids is 1. The third-order valence-electron chi connectivity index (χ3n) is 3.52. The Kier molecular flexibility index (Phi) is 5.73. The number of carboxylic acid groups (broad SMARTS) is 1. The van der Waals surface area contributed by atoms with E-state index in [0.717, 1.165) is 6.07 Å². The van der Waals surface area contributed by atoms with Gasteiger partial charge in [-0.3, -0.25) is 9.59 Å². The number of hydrogen-bond acceptors (Lipinski definition) is 4. The van der Waals surface area contributed by atoms with Crippen molar-refractivity contribution in [2.45, 2.75) is 24.8 Å². The van der Waals surface area contributed by atoms with Crippen LogP contribution >= 0.6 is 0 Å². The summed E-state index contributed by atoms with van der Waals surface area (Å²) in [6.07, 6.45) is 0. The number of sulfonamides is 1. The van der Waals surface area contributed by atoms with E-state index in [2.05, 4.69) is 5.32 Å². The lowest BCUT2D eigenvalue weighted by molar-refractivity contribution is -0.138. The zero-order valence-electron chi connectivity index (χ0n) is 14.0. The molecular weight excluding hydrogens is 363 g/mol. The molecule has 1 amide bonds. The third kappa shape index (κ3) is 4.64. The van der Waals surface area contributed by atoms with E-state index in [4.69, 9.17) is 5.11 Å². The molecule has 2 aromatic rings. The summed E-state index contributed by atoms with van der Waals surface area (Å²) in [6.45, 7) is 2.74. The van der Waals surface area contributed by atoms with E-state index in [1.807, 2.05) is 4.72 Å². The molecule has 0 spiro atoms. The number of aliphatic carboxylic acids is 1. The molecule has 0 bridgehead atoms. The topological polar surface area (TPSA) is 113 Å². The predicted octanol–water partition coefficient (Wildman–Crippen LogP) is 2.14. The average molecular weight is 380 g/mol. The summed E-state index contributed by atoms with van der Waals surface area (Å²) >= 11 is 0. The maximum absolute atomic E-state index is 13.3. The van der Waals surface area contributed by atoms with Gasteiger partial charge in [-0.2, -0.15) is 4.72 Å². The van der Waals surface area contributed by atoms with Gasteiger partial charge in [-0.1, -0.05) is 6.07 Å². The van der Waals surface area contributed by atoms with Crippen LogP contribution in [0.4, 0.5) is 10.1 Å². The van der Waals surface area contributed by atoms with Crippen molar-refractivity contribution in [1.29, 1.82) is 0 Å². The first-order valence-electron chi connectivity index (χ1n) is 7.53. The predicted molar refractivity (Wildman–Crippen MR) is 93.0 cm³/mol. The van der Waals surface area contributed by atoms with Crippen LogP contribution in [0.15, 0.2) is 47.4 Å². The molecule has 0 unspecified atom stereocenters. The monoisotopic (exact) mass is 380 g/mol. The van der Waals surface area contributed by atoms with Crippen molar-refractivity contribution in [1.82, 2.24) is 4.72 Å². The zero-order chi connectivity index (χ0) is 19.5. The Hall–Kier alpha value is -2.78. The van der Waals surface area contributed by atoms with Crippen molar-refractivity contribution in [2.24, 2.45) is 0 Å². The van der Waals surface area contributed by atoms with Crippen molar-refractivity contribution >= 4 is 27.6 Å². The lowest BCUT2D eigenvalue weighted by atomic mass is 10.2. The molecule has 0 aliphatic carbocycles. The fourth-order valence-electron chi connectivity index (χ4n) is 2.08. The molecule has 138 valence electrons. The Labute approximate surface area is 149 Å². The number of carboxylic acids is 1. The third-order valence-corrected chi connectivity index (χ3v) is 5.06. The second-order valence-corrected chi connectivity index (χ2v) is 7.34. The highest BCUT2D eigenvalue weighted by Gasteiger charge is 2.22. The molecule has 2 rings (SSSR count). The molecule has 0 aromatic heterocycles. The molecule has 2 aromatic carbocycles. The van der Waals surface area contributed by atoms with Crippen LogP contribution in [-0.4, -0.2) is 31.4 Å². The van der Waals surface area contributed by atoms with Crippen molar-refractivity contribution < 1.29 is 27.5 Å². The van der Waals surface area contributed by atoms with Crippen molar-refractivity contribution in [3.05, 3.63) is 59.4 Å². The number of anilines is 1. The number of rotatable bonds is 6. The highest BCUT2D eigenvalue weighted by atomic mass is 32.2. The smallest absolute Gasteiger partial charge is 0.321 e. The standard InChI is InChI=1S/C17H17FN2O5S/c1-10-8-13(6-7-15(10)18)19-16(21)12-4-3-5-14(9-12)26(24,25)20-11(2)17(22)23/h3-9,11,20H,1-2H3,(H,19,21)(H,22,23)/t11-/m0/s1. The molecule has 0 saturated carbocycles. The van der Waals surface area contributed by atoms with Gasteiger partial charge in [0.2, 0.25) is 10.0 Å². The summed E-state index contributed by atoms with van der Waals surface area (Å²) in [6, 6.07) is 7.87. The van der Waals surface area contributed by atoms with Gasteiger partial charge in [0.15, 0.2) is 0 Å². The number of nitrogens with one attached hydrogen (secondary N) is 2. The Morgan fingerprint density at radius 1 is 1.15 bits per heavy atom. The number of hydrogen-bond donors (Lipinski definition) is 3. The molecule has 0 radical (unpaired) electrons. The molecule has 0 saturated heterocycles. The van der Waals surface area contributed by atoms with Gasteiger partial charge in [-0.25, -0.2) is 12.8 Å². The summed E-state index contributed by atoms with van der Waals surface area (Å²) in [5, 5.41) is 11.4. The second-order valence-electron chi connectivity index (χ2n) is 5.63. The van der Waals surface area contributed by atoms with Crippen LogP contribution in [0, 0.1) is 12.7 Å². The molecule has 0 heterocycles. The number of aryl methyl sites for hydroxylation is 1. The van der Waals surface area contributed by atoms with E-state index < -0.39 is 33.8 Å². The van der Waals surface area contributed by atoms with Gasteiger partial charge in [0.05, 0.1) is 4.90 Å². The minimum absolute atomic E-state index is 0.0535. The lowest BCUT2D eigenvalue weighted by Gasteiger charge is -2.11. The van der Waals surface area contributed by atoms with Crippen molar-refractivity contribution in [3.8, 4) is 0 Å². The van der Waals surface area contributed by atoms with Gasteiger partial charge in [0.1, 0.15) is 11.9 Å². The van der Waals surface area contributed by atoms with Crippen LogP contribution in [0.3, 0.4) is 0 Å². The zero-order valence-corrected chi connectivity index (χ0v) is 14.8. The van der Waals surface area contributed by atoms with Crippen LogP contribution < -0.4 is 10.0 Å². The summed E-state index contributed by atoms with van der Waals surface area (Å²) in [4.78, 5) is 22.9. The van der Waals surface area contributed by atoms with Gasteiger partial charge < -0.3 is 10.4 Å². The van der Waals surface area contributed by atoms with Gasteiger partial charge in [-0.05, 0) is 55.8 Å². The van der Waals surface area contributed by atoms with Crippen LogP contribution in [0.25, 0.3) is 0 Å². The van der Waals surface area contributed by atoms with Crippen LogP contribution in [0.5, 0.6) is 0 Å². The van der Waals surface area contributed by atoms with Crippen molar-refractivity contribution in [3.63, 3.8) is 0 Å². The molecule has 7 nitrogen and oxygen atoms in total. The second kappa shape index (κ2) is 7.63. The number of amides is 1. The van der Waals surface area contributed by atoms with Crippen molar-refractivity contribution in [2.75, 3.05) is 5.32 Å². The first-order valence-corrected chi connectivity index (χ1v) is 9.01. The molecule has 9 heteroatoms. The number of halogens is 1. The summed E-state index contributed by atoms with van der Waals surface area (Å²) < 4.78 is 39.7. The van der Waals surface area contributed by atoms with Gasteiger partial charge in [-0.15, -0.1) is 0 Å². The summed E-state index contributed by atoms with van der Waals surface area (Å²) in [5.41, 5.74) is 0.767. The molecule has 3 N–H and O–H groups in total.